The van der Waals surface area contributed by atoms with Gasteiger partial charge < -0.3 is 0 Å². The minimum atomic E-state index is -0.531. The largest absolute Gasteiger partial charge is 0.228 e. The summed E-state index contributed by atoms with van der Waals surface area (Å²) in [5.74, 6) is 0.678. The number of benzene rings is 11. The molecule has 11 aromatic carbocycles. The molecule has 0 spiro atoms. The number of aromatic nitrogens is 2. The van der Waals surface area contributed by atoms with E-state index in [1.807, 2.05) is 0 Å². The van der Waals surface area contributed by atoms with Crippen molar-refractivity contribution in [2.75, 3.05) is 0 Å². The summed E-state index contributed by atoms with van der Waals surface area (Å²) in [6.07, 6.45) is 0. The van der Waals surface area contributed by atoms with Crippen molar-refractivity contribution in [2.45, 2.75) is 5.41 Å². The Hall–Kier alpha value is -8.72. The average Bonchev–Trinajstić information content (AvgIpc) is 3.71. The van der Waals surface area contributed by atoms with Gasteiger partial charge in [-0.2, -0.15) is 0 Å². The van der Waals surface area contributed by atoms with Crippen LogP contribution >= 0.6 is 0 Å². The molecule has 0 amide bonds. The molecule has 0 N–H and O–H groups in total. The van der Waals surface area contributed by atoms with E-state index >= 15 is 0 Å². The fourth-order valence-corrected chi connectivity index (χ4v) is 11.0. The van der Waals surface area contributed by atoms with E-state index in [-0.39, 0.29) is 0 Å². The molecule has 0 saturated carbocycles. The summed E-state index contributed by atoms with van der Waals surface area (Å²) in [6, 6.07) is 92.4. The second-order valence-corrected chi connectivity index (χ2v) is 17.6. The van der Waals surface area contributed by atoms with Crippen LogP contribution in [-0.4, -0.2) is 9.97 Å². The fraction of sp³-hybridized carbons (Fsp3) is 0.0154. The summed E-state index contributed by atoms with van der Waals surface area (Å²) < 4.78 is 0. The summed E-state index contributed by atoms with van der Waals surface area (Å²) in [5.41, 5.74) is 16.4. The Morgan fingerprint density at radius 1 is 0.269 bits per heavy atom. The molecule has 2 nitrogen and oxygen atoms in total. The SMILES string of the molecule is c1ccc(-c2ccccc2-c2cc(-c3ccc4c(c3)C(c3ccccc3)(c3ccccc3)c3ccccc3-4)nc(-c3ccc(-c4c5ccccc5cc5c4ccc4ccccc45)cc3)n2)cc1. The monoisotopic (exact) mass is 850 g/mol. The molecule has 0 aliphatic heterocycles. The van der Waals surface area contributed by atoms with Crippen LogP contribution in [0.25, 0.3) is 99.6 Å². The summed E-state index contributed by atoms with van der Waals surface area (Å²) in [6.45, 7) is 0. The van der Waals surface area contributed by atoms with Crippen molar-refractivity contribution in [3.05, 3.63) is 277 Å². The molecular formula is C65H42N2. The van der Waals surface area contributed by atoms with E-state index in [0.717, 1.165) is 44.8 Å². The van der Waals surface area contributed by atoms with Crippen LogP contribution in [0.3, 0.4) is 0 Å². The Kier molecular flexibility index (Phi) is 9.11. The van der Waals surface area contributed by atoms with Crippen molar-refractivity contribution in [1.82, 2.24) is 9.97 Å². The van der Waals surface area contributed by atoms with Gasteiger partial charge in [0, 0.05) is 16.7 Å². The Morgan fingerprint density at radius 3 is 1.57 bits per heavy atom. The van der Waals surface area contributed by atoms with Gasteiger partial charge in [-0.15, -0.1) is 0 Å². The minimum Gasteiger partial charge on any atom is -0.228 e. The number of rotatable bonds is 7. The summed E-state index contributed by atoms with van der Waals surface area (Å²) in [7, 11) is 0. The topological polar surface area (TPSA) is 25.8 Å². The standard InChI is InChI=1S/C65H42N2/c1-4-18-43(19-5-1)51-26-14-15-30-56(51)62-42-61(48-37-38-55-54-29-16-17-31-59(54)65(60(55)41-48,49-22-6-2-7-23-49)50-24-8-3-9-25-50)66-64(67-62)46-34-32-45(33-35-46)63-53-28-13-11-21-47(53)40-58-52-27-12-10-20-44(52)36-39-57(58)63/h1-42H. The molecule has 2 heteroatoms. The van der Waals surface area contributed by atoms with Gasteiger partial charge in [-0.3, -0.25) is 0 Å². The molecular weight excluding hydrogens is 809 g/mol. The van der Waals surface area contributed by atoms with Crippen LogP contribution in [-0.2, 0) is 5.41 Å². The first kappa shape index (κ1) is 38.7. The zero-order valence-electron chi connectivity index (χ0n) is 36.6. The molecule has 0 bridgehead atoms. The Bertz CT molecular complexity index is 3800. The zero-order chi connectivity index (χ0) is 44.3. The smallest absolute Gasteiger partial charge is 0.160 e. The van der Waals surface area contributed by atoms with Gasteiger partial charge in [0.1, 0.15) is 0 Å². The molecule has 1 aliphatic rings. The van der Waals surface area contributed by atoms with Crippen LogP contribution in [0.4, 0.5) is 0 Å². The summed E-state index contributed by atoms with van der Waals surface area (Å²) in [5, 5.41) is 7.46. The lowest BCUT2D eigenvalue weighted by atomic mass is 9.67. The lowest BCUT2D eigenvalue weighted by Gasteiger charge is -2.34. The highest BCUT2D eigenvalue weighted by Crippen LogP contribution is 2.56. The van der Waals surface area contributed by atoms with Gasteiger partial charge in [0.05, 0.1) is 16.8 Å². The van der Waals surface area contributed by atoms with E-state index in [4.69, 9.17) is 9.97 Å². The minimum absolute atomic E-state index is 0.531. The third-order valence-electron chi connectivity index (χ3n) is 14.0. The van der Waals surface area contributed by atoms with Gasteiger partial charge in [-0.25, -0.2) is 9.97 Å². The van der Waals surface area contributed by atoms with Gasteiger partial charge in [0.2, 0.25) is 0 Å². The predicted molar refractivity (Wildman–Crippen MR) is 279 cm³/mol. The van der Waals surface area contributed by atoms with E-state index < -0.39 is 5.41 Å². The number of nitrogens with zero attached hydrogens (tertiary/aromatic N) is 2. The first-order chi connectivity index (χ1) is 33.2. The highest BCUT2D eigenvalue weighted by Gasteiger charge is 2.46. The lowest BCUT2D eigenvalue weighted by Crippen LogP contribution is -2.28. The molecule has 1 heterocycles. The highest BCUT2D eigenvalue weighted by atomic mass is 14.9. The first-order valence-corrected chi connectivity index (χ1v) is 23.1. The summed E-state index contributed by atoms with van der Waals surface area (Å²) >= 11 is 0. The van der Waals surface area contributed by atoms with Gasteiger partial charge in [0.15, 0.2) is 5.82 Å². The van der Waals surface area contributed by atoms with Gasteiger partial charge in [-0.1, -0.05) is 237 Å². The predicted octanol–water partition coefficient (Wildman–Crippen LogP) is 16.6. The molecule has 1 aliphatic carbocycles. The normalized spacial score (nSPS) is 12.6. The second kappa shape index (κ2) is 15.8. The Balaban J connectivity index is 1.02. The molecule has 13 rings (SSSR count). The average molecular weight is 851 g/mol. The fourth-order valence-electron chi connectivity index (χ4n) is 11.0. The van der Waals surface area contributed by atoms with E-state index in [0.29, 0.717) is 5.82 Å². The number of hydrogen-bond donors (Lipinski definition) is 0. The molecule has 1 aromatic heterocycles. The molecule has 12 aromatic rings. The van der Waals surface area contributed by atoms with Crippen LogP contribution in [0.15, 0.2) is 255 Å². The van der Waals surface area contributed by atoms with Gasteiger partial charge in [-0.05, 0) is 106 Å². The maximum atomic E-state index is 5.50. The third-order valence-corrected chi connectivity index (χ3v) is 14.0. The Morgan fingerprint density at radius 2 is 0.821 bits per heavy atom. The maximum Gasteiger partial charge on any atom is 0.160 e. The van der Waals surface area contributed by atoms with Crippen LogP contribution in [0.5, 0.6) is 0 Å². The van der Waals surface area contributed by atoms with Crippen LogP contribution in [0.1, 0.15) is 22.3 Å². The van der Waals surface area contributed by atoms with Crippen molar-refractivity contribution >= 4 is 32.3 Å². The summed E-state index contributed by atoms with van der Waals surface area (Å²) in [4.78, 5) is 10.9. The highest BCUT2D eigenvalue weighted by molar-refractivity contribution is 6.20. The van der Waals surface area contributed by atoms with E-state index in [1.165, 1.54) is 71.3 Å². The number of fused-ring (bicyclic) bond motifs is 7. The molecule has 0 atom stereocenters. The van der Waals surface area contributed by atoms with E-state index in [1.54, 1.807) is 0 Å². The van der Waals surface area contributed by atoms with E-state index in [9.17, 15) is 0 Å². The maximum absolute atomic E-state index is 5.50. The van der Waals surface area contributed by atoms with Gasteiger partial charge in [0.25, 0.3) is 0 Å². The second-order valence-electron chi connectivity index (χ2n) is 17.6. The molecule has 0 saturated heterocycles. The van der Waals surface area contributed by atoms with Crippen LogP contribution in [0.2, 0.25) is 0 Å². The lowest BCUT2D eigenvalue weighted by molar-refractivity contribution is 0.768. The van der Waals surface area contributed by atoms with Crippen molar-refractivity contribution in [2.24, 2.45) is 0 Å². The molecule has 312 valence electrons. The third kappa shape index (κ3) is 6.26. The first-order valence-electron chi connectivity index (χ1n) is 23.1. The van der Waals surface area contributed by atoms with Crippen molar-refractivity contribution in [1.29, 1.82) is 0 Å². The molecule has 67 heavy (non-hydrogen) atoms. The molecule has 0 radical (unpaired) electrons. The van der Waals surface area contributed by atoms with E-state index in [2.05, 4.69) is 255 Å². The van der Waals surface area contributed by atoms with Crippen LogP contribution in [0, 0.1) is 0 Å². The quantitative estimate of drug-likeness (QED) is 0.118. The van der Waals surface area contributed by atoms with Crippen LogP contribution < -0.4 is 0 Å². The van der Waals surface area contributed by atoms with Crippen molar-refractivity contribution in [3.8, 4) is 67.3 Å². The molecule has 0 unspecified atom stereocenters. The number of hydrogen-bond acceptors (Lipinski definition) is 2. The zero-order valence-corrected chi connectivity index (χ0v) is 36.6. The van der Waals surface area contributed by atoms with Gasteiger partial charge >= 0.3 is 0 Å². The Labute approximate surface area is 390 Å². The van der Waals surface area contributed by atoms with Crippen molar-refractivity contribution in [3.63, 3.8) is 0 Å². The molecule has 0 fully saturated rings. The van der Waals surface area contributed by atoms with Crippen molar-refractivity contribution < 1.29 is 0 Å².